The molecule has 0 bridgehead atoms. The summed E-state index contributed by atoms with van der Waals surface area (Å²) < 4.78 is 0. The van der Waals surface area contributed by atoms with E-state index in [1.54, 1.807) is 13.1 Å². The third kappa shape index (κ3) is 2.44. The molecule has 0 unspecified atom stereocenters. The fourth-order valence-electron chi connectivity index (χ4n) is 1.07. The molecule has 0 amide bonds. The van der Waals surface area contributed by atoms with Gasteiger partial charge in [-0.25, -0.2) is 0 Å². The van der Waals surface area contributed by atoms with Gasteiger partial charge < -0.3 is 5.43 Å². The summed E-state index contributed by atoms with van der Waals surface area (Å²) in [6, 6.07) is 8.19. The first-order valence-electron chi connectivity index (χ1n) is 4.22. The lowest BCUT2D eigenvalue weighted by Gasteiger charge is -2.01. The maximum atomic E-state index is 4.09. The first-order chi connectivity index (χ1) is 6.27. The summed E-state index contributed by atoms with van der Waals surface area (Å²) in [5.74, 6) is 0. The van der Waals surface area contributed by atoms with Crippen molar-refractivity contribution >= 4 is 5.71 Å². The van der Waals surface area contributed by atoms with Crippen LogP contribution in [0.3, 0.4) is 0 Å². The Morgan fingerprint density at radius 2 is 2.00 bits per heavy atom. The van der Waals surface area contributed by atoms with Gasteiger partial charge in [0.1, 0.15) is 0 Å². The van der Waals surface area contributed by atoms with E-state index in [9.17, 15) is 0 Å². The van der Waals surface area contributed by atoms with Gasteiger partial charge in [-0.3, -0.25) is 0 Å². The summed E-state index contributed by atoms with van der Waals surface area (Å²) in [6.07, 6.45) is 1.74. The van der Waals surface area contributed by atoms with Crippen LogP contribution in [0.2, 0.25) is 0 Å². The average Bonchev–Trinajstić information content (AvgIpc) is 2.16. The minimum Gasteiger partial charge on any atom is -0.313 e. The van der Waals surface area contributed by atoms with Gasteiger partial charge in [0.2, 0.25) is 0 Å². The van der Waals surface area contributed by atoms with Crippen LogP contribution in [-0.4, -0.2) is 12.8 Å². The maximum Gasteiger partial charge on any atom is 0.0895 e. The molecule has 1 aromatic rings. The molecule has 0 heterocycles. The van der Waals surface area contributed by atoms with Gasteiger partial charge in [0.15, 0.2) is 0 Å². The van der Waals surface area contributed by atoms with E-state index in [-0.39, 0.29) is 0 Å². The van der Waals surface area contributed by atoms with E-state index in [2.05, 4.69) is 36.2 Å². The Balaban J connectivity index is 2.99. The van der Waals surface area contributed by atoms with Gasteiger partial charge in [-0.2, -0.15) is 5.10 Å². The van der Waals surface area contributed by atoms with Gasteiger partial charge in [0.05, 0.1) is 5.71 Å². The molecule has 13 heavy (non-hydrogen) atoms. The van der Waals surface area contributed by atoms with E-state index >= 15 is 0 Å². The lowest BCUT2D eigenvalue weighted by atomic mass is 10.1. The first-order valence-corrected chi connectivity index (χ1v) is 4.22. The highest BCUT2D eigenvalue weighted by atomic mass is 15.3. The summed E-state index contributed by atoms with van der Waals surface area (Å²) in [4.78, 5) is 0. The van der Waals surface area contributed by atoms with Crippen molar-refractivity contribution in [2.45, 2.75) is 6.92 Å². The van der Waals surface area contributed by atoms with Gasteiger partial charge in [-0.15, -0.1) is 0 Å². The number of hydrogen-bond donors (Lipinski definition) is 1. The van der Waals surface area contributed by atoms with Gasteiger partial charge in [-0.1, -0.05) is 36.4 Å². The molecule has 1 aromatic carbocycles. The number of nitrogens with one attached hydrogen (secondary N) is 1. The molecule has 0 radical (unpaired) electrons. The quantitative estimate of drug-likeness (QED) is 0.551. The number of hydrazone groups is 1. The van der Waals surface area contributed by atoms with E-state index in [4.69, 9.17) is 0 Å². The SMILES string of the molecule is C=C/C(=N\NC)c1ccc(C)cc1. The van der Waals surface area contributed by atoms with Gasteiger partial charge >= 0.3 is 0 Å². The van der Waals surface area contributed by atoms with E-state index in [0.717, 1.165) is 11.3 Å². The Hall–Kier alpha value is -1.57. The number of aryl methyl sites for hydroxylation is 1. The molecule has 0 aromatic heterocycles. The third-order valence-corrected chi connectivity index (χ3v) is 1.77. The molecule has 0 saturated heterocycles. The molecular weight excluding hydrogens is 160 g/mol. The fourth-order valence-corrected chi connectivity index (χ4v) is 1.07. The second-order valence-electron chi connectivity index (χ2n) is 2.79. The molecule has 0 aliphatic heterocycles. The van der Waals surface area contributed by atoms with Crippen LogP contribution in [-0.2, 0) is 0 Å². The second-order valence-corrected chi connectivity index (χ2v) is 2.79. The molecule has 0 aliphatic carbocycles. The third-order valence-electron chi connectivity index (χ3n) is 1.77. The van der Waals surface area contributed by atoms with E-state index in [1.165, 1.54) is 5.56 Å². The largest absolute Gasteiger partial charge is 0.313 e. The van der Waals surface area contributed by atoms with Crippen molar-refractivity contribution in [3.8, 4) is 0 Å². The number of nitrogens with zero attached hydrogens (tertiary/aromatic N) is 1. The van der Waals surface area contributed by atoms with Crippen LogP contribution in [0, 0.1) is 6.92 Å². The zero-order chi connectivity index (χ0) is 9.68. The lowest BCUT2D eigenvalue weighted by Crippen LogP contribution is -2.03. The molecule has 68 valence electrons. The van der Waals surface area contributed by atoms with Gasteiger partial charge in [0, 0.05) is 12.6 Å². The van der Waals surface area contributed by atoms with E-state index in [0.29, 0.717) is 0 Å². The molecular formula is C11H14N2. The van der Waals surface area contributed by atoms with Crippen molar-refractivity contribution in [2.24, 2.45) is 5.10 Å². The van der Waals surface area contributed by atoms with Crippen molar-refractivity contribution in [3.63, 3.8) is 0 Å². The number of hydrogen-bond acceptors (Lipinski definition) is 2. The molecule has 0 fully saturated rings. The highest BCUT2D eigenvalue weighted by Gasteiger charge is 1.97. The van der Waals surface area contributed by atoms with Crippen molar-refractivity contribution in [1.82, 2.24) is 5.43 Å². The number of allylic oxidation sites excluding steroid dienone is 1. The number of benzene rings is 1. The van der Waals surface area contributed by atoms with Gasteiger partial charge in [-0.05, 0) is 13.0 Å². The van der Waals surface area contributed by atoms with Crippen molar-refractivity contribution < 1.29 is 0 Å². The second kappa shape index (κ2) is 4.45. The van der Waals surface area contributed by atoms with Crippen LogP contribution in [0.4, 0.5) is 0 Å². The highest BCUT2D eigenvalue weighted by Crippen LogP contribution is 2.04. The molecule has 2 heteroatoms. The molecule has 0 saturated carbocycles. The van der Waals surface area contributed by atoms with Crippen molar-refractivity contribution in [3.05, 3.63) is 48.0 Å². The van der Waals surface area contributed by atoms with Gasteiger partial charge in [0.25, 0.3) is 0 Å². The zero-order valence-electron chi connectivity index (χ0n) is 8.04. The van der Waals surface area contributed by atoms with Crippen LogP contribution in [0.1, 0.15) is 11.1 Å². The maximum absolute atomic E-state index is 4.09. The Morgan fingerprint density at radius 1 is 1.38 bits per heavy atom. The molecule has 2 nitrogen and oxygen atoms in total. The highest BCUT2D eigenvalue weighted by molar-refractivity contribution is 6.08. The predicted molar refractivity (Wildman–Crippen MR) is 57.0 cm³/mol. The summed E-state index contributed by atoms with van der Waals surface area (Å²) in [6.45, 7) is 5.77. The van der Waals surface area contributed by atoms with E-state index in [1.807, 2.05) is 12.1 Å². The standard InChI is InChI=1S/C11H14N2/c1-4-11(13-12-3)10-7-5-9(2)6-8-10/h4-8,12H,1H2,2-3H3/b13-11+. The first kappa shape index (κ1) is 9.52. The number of rotatable bonds is 3. The summed E-state index contributed by atoms with van der Waals surface area (Å²) in [7, 11) is 1.78. The molecule has 0 aliphatic rings. The summed E-state index contributed by atoms with van der Waals surface area (Å²) >= 11 is 0. The topological polar surface area (TPSA) is 24.4 Å². The monoisotopic (exact) mass is 174 g/mol. The Bertz CT molecular complexity index is 309. The predicted octanol–water partition coefficient (Wildman–Crippen LogP) is 2.10. The Labute approximate surface area is 79.0 Å². The van der Waals surface area contributed by atoms with Crippen LogP contribution >= 0.6 is 0 Å². The Kier molecular flexibility index (Phi) is 3.26. The smallest absolute Gasteiger partial charge is 0.0895 e. The van der Waals surface area contributed by atoms with Crippen LogP contribution < -0.4 is 5.43 Å². The van der Waals surface area contributed by atoms with Crippen molar-refractivity contribution in [1.29, 1.82) is 0 Å². The minimum absolute atomic E-state index is 0.863. The Morgan fingerprint density at radius 3 is 2.46 bits per heavy atom. The van der Waals surface area contributed by atoms with Crippen LogP contribution in [0.25, 0.3) is 0 Å². The van der Waals surface area contributed by atoms with Crippen molar-refractivity contribution in [2.75, 3.05) is 7.05 Å². The normalized spacial score (nSPS) is 11.1. The molecule has 1 rings (SSSR count). The summed E-state index contributed by atoms with van der Waals surface area (Å²) in [5, 5.41) is 4.09. The lowest BCUT2D eigenvalue weighted by molar-refractivity contribution is 0.903. The van der Waals surface area contributed by atoms with Crippen LogP contribution in [0.15, 0.2) is 42.0 Å². The van der Waals surface area contributed by atoms with Crippen LogP contribution in [0.5, 0.6) is 0 Å². The van der Waals surface area contributed by atoms with E-state index < -0.39 is 0 Å². The molecule has 1 N–H and O–H groups in total. The molecule has 0 atom stereocenters. The average molecular weight is 174 g/mol. The minimum atomic E-state index is 0.863. The zero-order valence-corrected chi connectivity index (χ0v) is 8.04. The molecule has 0 spiro atoms. The summed E-state index contributed by atoms with van der Waals surface area (Å²) in [5.41, 5.74) is 5.94. The fraction of sp³-hybridized carbons (Fsp3) is 0.182.